The van der Waals surface area contributed by atoms with Gasteiger partial charge in [-0.05, 0) is 30.5 Å². The van der Waals surface area contributed by atoms with Gasteiger partial charge in [-0.3, -0.25) is 0 Å². The van der Waals surface area contributed by atoms with Gasteiger partial charge in [0.1, 0.15) is 5.60 Å². The van der Waals surface area contributed by atoms with Gasteiger partial charge >= 0.3 is 0 Å². The lowest BCUT2D eigenvalue weighted by molar-refractivity contribution is 0.0213. The predicted molar refractivity (Wildman–Crippen MR) is 108 cm³/mol. The molecule has 2 heteroatoms. The van der Waals surface area contributed by atoms with E-state index >= 15 is 0 Å². The number of rotatable bonds is 7. The Morgan fingerprint density at radius 1 is 0.769 bits per heavy atom. The molecule has 0 saturated carbocycles. The van der Waals surface area contributed by atoms with E-state index in [-0.39, 0.29) is 12.0 Å². The summed E-state index contributed by atoms with van der Waals surface area (Å²) in [5.74, 6) is 0.242. The zero-order valence-electron chi connectivity index (χ0n) is 15.5. The Balaban J connectivity index is 1.78. The summed E-state index contributed by atoms with van der Waals surface area (Å²) in [6, 6.07) is 30.8. The van der Waals surface area contributed by atoms with Crippen molar-refractivity contribution in [2.24, 2.45) is 0 Å². The van der Waals surface area contributed by atoms with Crippen LogP contribution in [0.25, 0.3) is 0 Å². The molecule has 3 aromatic carbocycles. The lowest BCUT2D eigenvalue weighted by Crippen LogP contribution is -2.46. The summed E-state index contributed by atoms with van der Waals surface area (Å²) in [5, 5.41) is 14.6. The van der Waals surface area contributed by atoms with Gasteiger partial charge in [-0.15, -0.1) is 0 Å². The van der Waals surface area contributed by atoms with E-state index in [9.17, 15) is 5.11 Å². The highest BCUT2D eigenvalue weighted by molar-refractivity contribution is 5.33. The average molecular weight is 345 g/mol. The third kappa shape index (κ3) is 4.21. The fourth-order valence-electron chi connectivity index (χ4n) is 3.32. The van der Waals surface area contributed by atoms with Gasteiger partial charge in [0.05, 0.1) is 0 Å². The van der Waals surface area contributed by atoms with Crippen molar-refractivity contribution in [3.63, 3.8) is 0 Å². The van der Waals surface area contributed by atoms with Gasteiger partial charge in [-0.2, -0.15) is 0 Å². The minimum Gasteiger partial charge on any atom is -0.384 e. The van der Waals surface area contributed by atoms with Gasteiger partial charge in [0.15, 0.2) is 0 Å². The third-order valence-corrected chi connectivity index (χ3v) is 5.23. The molecule has 134 valence electrons. The Morgan fingerprint density at radius 2 is 1.19 bits per heavy atom. The summed E-state index contributed by atoms with van der Waals surface area (Å²) < 4.78 is 0. The van der Waals surface area contributed by atoms with Crippen LogP contribution in [0.4, 0.5) is 0 Å². The van der Waals surface area contributed by atoms with Crippen LogP contribution in [0.5, 0.6) is 0 Å². The van der Waals surface area contributed by atoms with Crippen molar-refractivity contribution in [2.75, 3.05) is 6.54 Å². The number of nitrogens with one attached hydrogen (secondary N) is 1. The molecular formula is C24H27NO. The van der Waals surface area contributed by atoms with Crippen LogP contribution in [0.2, 0.25) is 0 Å². The van der Waals surface area contributed by atoms with Crippen molar-refractivity contribution in [2.45, 2.75) is 31.4 Å². The molecule has 2 unspecified atom stereocenters. The minimum absolute atomic E-state index is 0.0835. The van der Waals surface area contributed by atoms with E-state index in [2.05, 4.69) is 53.8 Å². The molecule has 0 fully saturated rings. The molecule has 2 nitrogen and oxygen atoms in total. The van der Waals surface area contributed by atoms with Crippen LogP contribution in [0.15, 0.2) is 91.0 Å². The van der Waals surface area contributed by atoms with Crippen LogP contribution < -0.4 is 5.32 Å². The van der Waals surface area contributed by atoms with Crippen molar-refractivity contribution < 1.29 is 5.11 Å². The second-order valence-corrected chi connectivity index (χ2v) is 7.02. The summed E-state index contributed by atoms with van der Waals surface area (Å²) in [5.41, 5.74) is 2.55. The molecule has 0 amide bonds. The number of aliphatic hydroxyl groups is 1. The molecule has 0 bridgehead atoms. The quantitative estimate of drug-likeness (QED) is 0.650. The summed E-state index contributed by atoms with van der Waals surface area (Å²) in [6.45, 7) is 4.68. The first-order valence-corrected chi connectivity index (χ1v) is 9.20. The second kappa shape index (κ2) is 8.31. The molecule has 0 aromatic heterocycles. The van der Waals surface area contributed by atoms with Crippen LogP contribution in [-0.2, 0) is 5.60 Å². The van der Waals surface area contributed by atoms with Crippen molar-refractivity contribution in [3.05, 3.63) is 108 Å². The summed E-state index contributed by atoms with van der Waals surface area (Å²) in [7, 11) is 0. The molecule has 0 spiro atoms. The van der Waals surface area contributed by atoms with Crippen molar-refractivity contribution in [3.8, 4) is 0 Å². The van der Waals surface area contributed by atoms with Crippen molar-refractivity contribution in [1.82, 2.24) is 5.32 Å². The molecule has 3 aromatic rings. The maximum Gasteiger partial charge on any atom is 0.102 e. The van der Waals surface area contributed by atoms with Gasteiger partial charge < -0.3 is 10.4 Å². The van der Waals surface area contributed by atoms with Crippen LogP contribution >= 0.6 is 0 Å². The molecule has 0 aliphatic carbocycles. The first kappa shape index (κ1) is 18.4. The summed E-state index contributed by atoms with van der Waals surface area (Å²) >= 11 is 0. The summed E-state index contributed by atoms with van der Waals surface area (Å²) in [6.07, 6.45) is 0. The SMILES string of the molecule is CC(NCC(c1ccccc1)c1ccccc1)C(C)(O)c1ccccc1. The van der Waals surface area contributed by atoms with E-state index in [1.54, 1.807) is 0 Å². The third-order valence-electron chi connectivity index (χ3n) is 5.23. The highest BCUT2D eigenvalue weighted by Crippen LogP contribution is 2.27. The van der Waals surface area contributed by atoms with Crippen molar-refractivity contribution in [1.29, 1.82) is 0 Å². The molecule has 0 aliphatic rings. The predicted octanol–water partition coefficient (Wildman–Crippen LogP) is 4.70. The van der Waals surface area contributed by atoms with Crippen LogP contribution in [-0.4, -0.2) is 17.7 Å². The maximum absolute atomic E-state index is 11.0. The van der Waals surface area contributed by atoms with Crippen LogP contribution in [0.3, 0.4) is 0 Å². The molecule has 0 saturated heterocycles. The van der Waals surface area contributed by atoms with E-state index in [4.69, 9.17) is 0 Å². The normalized spacial score (nSPS) is 14.8. The van der Waals surface area contributed by atoms with Gasteiger partial charge in [0.2, 0.25) is 0 Å². The average Bonchev–Trinajstić information content (AvgIpc) is 2.70. The first-order chi connectivity index (χ1) is 12.6. The van der Waals surface area contributed by atoms with E-state index in [0.29, 0.717) is 0 Å². The molecule has 2 N–H and O–H groups in total. The van der Waals surface area contributed by atoms with Gasteiger partial charge in [0, 0.05) is 18.5 Å². The standard InChI is InChI=1S/C24H27NO/c1-19(24(2,26)22-16-10-5-11-17-22)25-18-23(20-12-6-3-7-13-20)21-14-8-4-9-15-21/h3-17,19,23,25-26H,18H2,1-2H3. The lowest BCUT2D eigenvalue weighted by atomic mass is 9.87. The maximum atomic E-state index is 11.0. The monoisotopic (exact) mass is 345 g/mol. The largest absolute Gasteiger partial charge is 0.384 e. The van der Waals surface area contributed by atoms with Gasteiger partial charge in [-0.1, -0.05) is 91.0 Å². The molecule has 0 aliphatic heterocycles. The van der Waals surface area contributed by atoms with Gasteiger partial charge in [0.25, 0.3) is 0 Å². The molecule has 26 heavy (non-hydrogen) atoms. The summed E-state index contributed by atoms with van der Waals surface area (Å²) in [4.78, 5) is 0. The Morgan fingerprint density at radius 3 is 1.65 bits per heavy atom. The van der Waals surface area contributed by atoms with E-state index in [1.165, 1.54) is 11.1 Å². The van der Waals surface area contributed by atoms with Gasteiger partial charge in [-0.25, -0.2) is 0 Å². The second-order valence-electron chi connectivity index (χ2n) is 7.02. The molecule has 2 atom stereocenters. The topological polar surface area (TPSA) is 32.3 Å². The first-order valence-electron chi connectivity index (χ1n) is 9.20. The molecule has 0 radical (unpaired) electrons. The molecular weight excluding hydrogens is 318 g/mol. The highest BCUT2D eigenvalue weighted by atomic mass is 16.3. The van der Waals surface area contributed by atoms with E-state index < -0.39 is 5.60 Å². The fourth-order valence-corrected chi connectivity index (χ4v) is 3.32. The minimum atomic E-state index is -0.931. The number of hydrogen-bond donors (Lipinski definition) is 2. The Bertz CT molecular complexity index is 745. The zero-order chi connectivity index (χ0) is 18.4. The lowest BCUT2D eigenvalue weighted by Gasteiger charge is -2.33. The van der Waals surface area contributed by atoms with Crippen LogP contribution in [0, 0.1) is 0 Å². The van der Waals surface area contributed by atoms with E-state index in [1.807, 2.05) is 56.3 Å². The molecule has 0 heterocycles. The smallest absolute Gasteiger partial charge is 0.102 e. The number of hydrogen-bond acceptors (Lipinski definition) is 2. The Labute approximate surface area is 156 Å². The van der Waals surface area contributed by atoms with E-state index in [0.717, 1.165) is 12.1 Å². The Kier molecular flexibility index (Phi) is 5.87. The number of benzene rings is 3. The zero-order valence-corrected chi connectivity index (χ0v) is 15.5. The highest BCUT2D eigenvalue weighted by Gasteiger charge is 2.30. The molecule has 3 rings (SSSR count). The fraction of sp³-hybridized carbons (Fsp3) is 0.250. The Hall–Kier alpha value is -2.42. The van der Waals surface area contributed by atoms with Crippen LogP contribution in [0.1, 0.15) is 36.5 Å². The van der Waals surface area contributed by atoms with Crippen molar-refractivity contribution >= 4 is 0 Å².